The first-order chi connectivity index (χ1) is 8.15. The van der Waals surface area contributed by atoms with E-state index in [0.717, 1.165) is 28.0 Å². The maximum atomic E-state index is 10.7. The Balaban J connectivity index is 3.03. The smallest absolute Gasteiger partial charge is 0.268 e. The van der Waals surface area contributed by atoms with Crippen LogP contribution in [0.3, 0.4) is 0 Å². The van der Waals surface area contributed by atoms with Crippen LogP contribution in [0.2, 0.25) is 0 Å². The van der Waals surface area contributed by atoms with E-state index in [1.165, 1.54) is 5.56 Å². The fourth-order valence-corrected chi connectivity index (χ4v) is 2.23. The van der Waals surface area contributed by atoms with Gasteiger partial charge in [0.1, 0.15) is 18.1 Å². The molecule has 0 unspecified atom stereocenters. The van der Waals surface area contributed by atoms with Gasteiger partial charge in [0, 0.05) is 0 Å². The van der Waals surface area contributed by atoms with Crippen LogP contribution in [0.4, 0.5) is 0 Å². The highest BCUT2D eigenvalue weighted by atomic mass is 32.2. The summed E-state index contributed by atoms with van der Waals surface area (Å²) in [5.74, 6) is 0.331. The molecule has 1 aromatic carbocycles. The Kier molecular flexibility index (Phi) is 4.40. The fraction of sp³-hybridized carbons (Fsp3) is 0.538. The Bertz CT molecular complexity index is 530. The molecule has 1 rings (SSSR count). The van der Waals surface area contributed by atoms with Crippen LogP contribution in [0.25, 0.3) is 0 Å². The number of rotatable bonds is 4. The minimum Gasteiger partial charge on any atom is -0.492 e. The van der Waals surface area contributed by atoms with Gasteiger partial charge in [-0.05, 0) is 62.4 Å². The lowest BCUT2D eigenvalue weighted by molar-refractivity contribution is 0.331. The number of benzene rings is 1. The van der Waals surface area contributed by atoms with Crippen molar-refractivity contribution in [1.82, 2.24) is 0 Å². The third-order valence-electron chi connectivity index (χ3n) is 3.52. The molecule has 0 aliphatic heterocycles. The summed E-state index contributed by atoms with van der Waals surface area (Å²) >= 11 is 0. The van der Waals surface area contributed by atoms with Crippen LogP contribution in [0.1, 0.15) is 27.8 Å². The van der Waals surface area contributed by atoms with Crippen molar-refractivity contribution in [2.24, 2.45) is 0 Å². The van der Waals surface area contributed by atoms with Crippen LogP contribution in [0, 0.1) is 34.6 Å². The van der Waals surface area contributed by atoms with Crippen molar-refractivity contribution in [3.8, 4) is 5.75 Å². The van der Waals surface area contributed by atoms with Gasteiger partial charge in [0.2, 0.25) is 0 Å². The molecule has 0 amide bonds. The van der Waals surface area contributed by atoms with E-state index < -0.39 is 15.9 Å². The SMILES string of the molecule is Cc1c(C)c(C)c(OCCS(=O)(=O)O)c(C)c1C. The Morgan fingerprint density at radius 3 is 1.67 bits per heavy atom. The Morgan fingerprint density at radius 2 is 1.28 bits per heavy atom. The third kappa shape index (κ3) is 3.23. The average Bonchev–Trinajstić information content (AvgIpc) is 2.27. The predicted molar refractivity (Wildman–Crippen MR) is 72.0 cm³/mol. The summed E-state index contributed by atoms with van der Waals surface area (Å²) in [6.07, 6.45) is 0. The normalized spacial score (nSPS) is 11.7. The summed E-state index contributed by atoms with van der Waals surface area (Å²) in [6, 6.07) is 0. The van der Waals surface area contributed by atoms with Gasteiger partial charge < -0.3 is 4.74 Å². The summed E-state index contributed by atoms with van der Waals surface area (Å²) in [6.45, 7) is 9.98. The van der Waals surface area contributed by atoms with Gasteiger partial charge in [-0.15, -0.1) is 0 Å². The zero-order chi connectivity index (χ0) is 14.1. The molecule has 5 heteroatoms. The molecule has 0 heterocycles. The highest BCUT2D eigenvalue weighted by Gasteiger charge is 2.14. The number of hydrogen-bond acceptors (Lipinski definition) is 3. The third-order valence-corrected chi connectivity index (χ3v) is 4.20. The van der Waals surface area contributed by atoms with Crippen molar-refractivity contribution in [2.75, 3.05) is 12.4 Å². The van der Waals surface area contributed by atoms with Gasteiger partial charge in [0.25, 0.3) is 10.1 Å². The molecule has 1 N–H and O–H groups in total. The summed E-state index contributed by atoms with van der Waals surface area (Å²) in [5.41, 5.74) is 5.57. The van der Waals surface area contributed by atoms with Crippen molar-refractivity contribution in [1.29, 1.82) is 0 Å². The maximum absolute atomic E-state index is 10.7. The van der Waals surface area contributed by atoms with Crippen molar-refractivity contribution in [3.05, 3.63) is 27.8 Å². The lowest BCUT2D eigenvalue weighted by atomic mass is 9.94. The molecule has 1 aromatic rings. The van der Waals surface area contributed by atoms with Gasteiger partial charge in [0.05, 0.1) is 0 Å². The van der Waals surface area contributed by atoms with E-state index in [1.807, 2.05) is 27.7 Å². The largest absolute Gasteiger partial charge is 0.492 e. The van der Waals surface area contributed by atoms with Crippen LogP contribution in [-0.2, 0) is 10.1 Å². The van der Waals surface area contributed by atoms with Crippen LogP contribution < -0.4 is 4.74 Å². The topological polar surface area (TPSA) is 63.6 Å². The second-order valence-corrected chi connectivity index (χ2v) is 6.16. The van der Waals surface area contributed by atoms with E-state index in [2.05, 4.69) is 6.92 Å². The van der Waals surface area contributed by atoms with Gasteiger partial charge in [-0.2, -0.15) is 8.42 Å². The van der Waals surface area contributed by atoms with Crippen molar-refractivity contribution >= 4 is 10.1 Å². The van der Waals surface area contributed by atoms with E-state index in [9.17, 15) is 8.42 Å². The highest BCUT2D eigenvalue weighted by molar-refractivity contribution is 7.85. The quantitative estimate of drug-likeness (QED) is 0.855. The first-order valence-electron chi connectivity index (χ1n) is 5.80. The van der Waals surface area contributed by atoms with Gasteiger partial charge >= 0.3 is 0 Å². The minimum atomic E-state index is -3.97. The van der Waals surface area contributed by atoms with Crippen LogP contribution >= 0.6 is 0 Å². The number of ether oxygens (including phenoxy) is 1. The second kappa shape index (κ2) is 5.28. The standard InChI is InChI=1S/C13H20O4S/c1-8-9(2)11(4)13(12(5)10(8)3)17-6-7-18(14,15)16/h6-7H2,1-5H3,(H,14,15,16). The van der Waals surface area contributed by atoms with E-state index in [0.29, 0.717) is 0 Å². The summed E-state index contributed by atoms with van der Waals surface area (Å²) in [4.78, 5) is 0. The first kappa shape index (κ1) is 15.0. The first-order valence-corrected chi connectivity index (χ1v) is 7.41. The molecule has 4 nitrogen and oxygen atoms in total. The van der Waals surface area contributed by atoms with Gasteiger partial charge in [0.15, 0.2) is 0 Å². The fourth-order valence-electron chi connectivity index (χ4n) is 1.93. The molecule has 0 bridgehead atoms. The maximum Gasteiger partial charge on any atom is 0.268 e. The van der Waals surface area contributed by atoms with E-state index in [-0.39, 0.29) is 6.61 Å². The molecule has 0 spiro atoms. The van der Waals surface area contributed by atoms with E-state index in [1.54, 1.807) is 0 Å². The Hall–Kier alpha value is -1.07. The minimum absolute atomic E-state index is 0.0392. The lowest BCUT2D eigenvalue weighted by Crippen LogP contribution is -2.14. The predicted octanol–water partition coefficient (Wildman–Crippen LogP) is 2.50. The van der Waals surface area contributed by atoms with Crippen molar-refractivity contribution in [3.63, 3.8) is 0 Å². The molecule has 18 heavy (non-hydrogen) atoms. The average molecular weight is 272 g/mol. The molecule has 0 aliphatic rings. The Morgan fingerprint density at radius 1 is 0.889 bits per heavy atom. The zero-order valence-corrected chi connectivity index (χ0v) is 12.3. The van der Waals surface area contributed by atoms with Gasteiger partial charge in [-0.3, -0.25) is 4.55 Å². The summed E-state index contributed by atoms with van der Waals surface area (Å²) in [5, 5.41) is 0. The van der Waals surface area contributed by atoms with Crippen LogP contribution in [-0.4, -0.2) is 25.3 Å². The molecular formula is C13H20O4S. The molecule has 0 saturated heterocycles. The zero-order valence-electron chi connectivity index (χ0n) is 11.5. The van der Waals surface area contributed by atoms with E-state index >= 15 is 0 Å². The Labute approximate surface area is 109 Å². The highest BCUT2D eigenvalue weighted by Crippen LogP contribution is 2.32. The molecule has 0 atom stereocenters. The molecule has 0 radical (unpaired) electrons. The lowest BCUT2D eigenvalue weighted by Gasteiger charge is -2.18. The molecular weight excluding hydrogens is 252 g/mol. The van der Waals surface area contributed by atoms with Crippen molar-refractivity contribution < 1.29 is 17.7 Å². The van der Waals surface area contributed by atoms with E-state index in [4.69, 9.17) is 9.29 Å². The summed E-state index contributed by atoms with van der Waals surface area (Å²) < 4.78 is 35.5. The van der Waals surface area contributed by atoms with Crippen LogP contribution in [0.15, 0.2) is 0 Å². The molecule has 102 valence electrons. The monoisotopic (exact) mass is 272 g/mol. The van der Waals surface area contributed by atoms with Crippen LogP contribution in [0.5, 0.6) is 5.75 Å². The molecule has 0 aromatic heterocycles. The van der Waals surface area contributed by atoms with Gasteiger partial charge in [-0.25, -0.2) is 0 Å². The van der Waals surface area contributed by atoms with Crippen molar-refractivity contribution in [2.45, 2.75) is 34.6 Å². The molecule has 0 fully saturated rings. The van der Waals surface area contributed by atoms with Gasteiger partial charge in [-0.1, -0.05) is 0 Å². The molecule has 0 aliphatic carbocycles. The number of hydrogen-bond donors (Lipinski definition) is 1. The summed E-state index contributed by atoms with van der Waals surface area (Å²) in [7, 11) is -3.97. The second-order valence-electron chi connectivity index (χ2n) is 4.59. The molecule has 0 saturated carbocycles.